The van der Waals surface area contributed by atoms with Crippen LogP contribution in [0.5, 0.6) is 0 Å². The molecule has 0 aliphatic heterocycles. The van der Waals surface area contributed by atoms with Gasteiger partial charge in [-0.1, -0.05) is 0 Å². The van der Waals surface area contributed by atoms with Crippen LogP contribution in [-0.2, 0) is 4.79 Å². The smallest absolute Gasteiger partial charge is 0.239 e. The van der Waals surface area contributed by atoms with E-state index in [1.807, 2.05) is 13.0 Å². The lowest BCUT2D eigenvalue weighted by Crippen LogP contribution is -2.26. The van der Waals surface area contributed by atoms with Gasteiger partial charge in [-0.3, -0.25) is 4.79 Å². The van der Waals surface area contributed by atoms with E-state index in [1.54, 1.807) is 19.4 Å². The van der Waals surface area contributed by atoms with E-state index in [4.69, 9.17) is 0 Å². The summed E-state index contributed by atoms with van der Waals surface area (Å²) in [5.74, 6) is 1.02. The van der Waals surface area contributed by atoms with Crippen molar-refractivity contribution in [1.29, 1.82) is 0 Å². The highest BCUT2D eigenvalue weighted by molar-refractivity contribution is 5.79. The predicted molar refractivity (Wildman–Crippen MR) is 79.8 cm³/mol. The Morgan fingerprint density at radius 3 is 2.57 bits per heavy atom. The third-order valence-corrected chi connectivity index (χ3v) is 2.66. The van der Waals surface area contributed by atoms with E-state index in [-0.39, 0.29) is 12.5 Å². The van der Waals surface area contributed by atoms with Crippen LogP contribution in [0, 0.1) is 0 Å². The molecule has 2 rings (SSSR count). The first-order valence-corrected chi connectivity index (χ1v) is 6.55. The lowest BCUT2D eigenvalue weighted by Gasteiger charge is -2.06. The molecule has 1 amide bonds. The van der Waals surface area contributed by atoms with Crippen molar-refractivity contribution in [2.24, 2.45) is 0 Å². The van der Waals surface area contributed by atoms with Crippen LogP contribution < -0.4 is 16.0 Å². The van der Waals surface area contributed by atoms with Crippen LogP contribution in [0.15, 0.2) is 24.8 Å². The number of hydrogen-bond acceptors (Lipinski definition) is 7. The zero-order chi connectivity index (χ0) is 15.1. The predicted octanol–water partition coefficient (Wildman–Crippen LogP) is 0.523. The molecule has 0 fully saturated rings. The average Bonchev–Trinajstić information content (AvgIpc) is 2.53. The fraction of sp³-hybridized carbons (Fsp3) is 0.308. The van der Waals surface area contributed by atoms with E-state index in [0.29, 0.717) is 5.95 Å². The van der Waals surface area contributed by atoms with Gasteiger partial charge >= 0.3 is 0 Å². The summed E-state index contributed by atoms with van der Waals surface area (Å²) in [7, 11) is 1.57. The summed E-state index contributed by atoms with van der Waals surface area (Å²) in [5, 5.41) is 8.46. The fourth-order valence-electron chi connectivity index (χ4n) is 1.59. The minimum Gasteiger partial charge on any atom is -0.370 e. The molecule has 21 heavy (non-hydrogen) atoms. The van der Waals surface area contributed by atoms with Gasteiger partial charge in [-0.2, -0.15) is 0 Å². The van der Waals surface area contributed by atoms with Crippen molar-refractivity contribution in [3.63, 3.8) is 0 Å². The second-order valence-corrected chi connectivity index (χ2v) is 4.14. The van der Waals surface area contributed by atoms with E-state index in [9.17, 15) is 4.79 Å². The zero-order valence-corrected chi connectivity index (χ0v) is 11.9. The minimum atomic E-state index is -0.131. The Morgan fingerprint density at radius 1 is 1.14 bits per heavy atom. The van der Waals surface area contributed by atoms with Crippen LogP contribution in [0.4, 0.5) is 11.8 Å². The summed E-state index contributed by atoms with van der Waals surface area (Å²) in [6.07, 6.45) is 4.79. The van der Waals surface area contributed by atoms with Crippen molar-refractivity contribution >= 4 is 17.7 Å². The van der Waals surface area contributed by atoms with Crippen LogP contribution in [0.25, 0.3) is 11.3 Å². The summed E-state index contributed by atoms with van der Waals surface area (Å²) in [4.78, 5) is 27.7. The maximum atomic E-state index is 11.1. The number of hydrogen-bond donors (Lipinski definition) is 3. The molecule has 0 aliphatic carbocycles. The third-order valence-electron chi connectivity index (χ3n) is 2.66. The van der Waals surface area contributed by atoms with Crippen LogP contribution in [-0.4, -0.2) is 46.0 Å². The Hall–Kier alpha value is -2.77. The van der Waals surface area contributed by atoms with Crippen molar-refractivity contribution in [2.75, 3.05) is 30.8 Å². The van der Waals surface area contributed by atoms with Gasteiger partial charge in [0.2, 0.25) is 11.9 Å². The van der Waals surface area contributed by atoms with E-state index in [0.717, 1.165) is 23.6 Å². The monoisotopic (exact) mass is 287 g/mol. The average molecular weight is 287 g/mol. The SMILES string of the molecule is CCNc1cc(-c2cnc(NCC(=O)NC)nc2)ncn1. The summed E-state index contributed by atoms with van der Waals surface area (Å²) < 4.78 is 0. The van der Waals surface area contributed by atoms with Crippen molar-refractivity contribution in [2.45, 2.75) is 6.92 Å². The Bertz CT molecular complexity index is 600. The van der Waals surface area contributed by atoms with E-state index in [1.165, 1.54) is 6.33 Å². The molecule has 0 atom stereocenters. The van der Waals surface area contributed by atoms with Gasteiger partial charge in [-0.15, -0.1) is 0 Å². The summed E-state index contributed by atoms with van der Waals surface area (Å²) in [6.45, 7) is 2.92. The molecule has 0 aromatic carbocycles. The molecule has 0 spiro atoms. The molecule has 2 aromatic heterocycles. The van der Waals surface area contributed by atoms with Gasteiger partial charge in [-0.25, -0.2) is 19.9 Å². The first-order chi connectivity index (χ1) is 10.2. The Labute approximate surface area is 122 Å². The number of amides is 1. The number of rotatable bonds is 6. The molecule has 2 aromatic rings. The van der Waals surface area contributed by atoms with E-state index >= 15 is 0 Å². The fourth-order valence-corrected chi connectivity index (χ4v) is 1.59. The number of aromatic nitrogens is 4. The Morgan fingerprint density at radius 2 is 1.90 bits per heavy atom. The molecule has 0 saturated carbocycles. The molecular formula is C13H17N7O. The second-order valence-electron chi connectivity index (χ2n) is 4.14. The van der Waals surface area contributed by atoms with Gasteiger partial charge in [0.15, 0.2) is 0 Å². The number of nitrogens with zero attached hydrogens (tertiary/aromatic N) is 4. The second kappa shape index (κ2) is 7.13. The van der Waals surface area contributed by atoms with Gasteiger partial charge < -0.3 is 16.0 Å². The van der Waals surface area contributed by atoms with Gasteiger partial charge in [0.05, 0.1) is 12.2 Å². The molecule has 8 heteroatoms. The Balaban J connectivity index is 2.07. The van der Waals surface area contributed by atoms with Crippen molar-refractivity contribution in [3.05, 3.63) is 24.8 Å². The normalized spacial score (nSPS) is 10.0. The molecule has 3 N–H and O–H groups in total. The molecule has 0 radical (unpaired) electrons. The van der Waals surface area contributed by atoms with E-state index in [2.05, 4.69) is 35.9 Å². The van der Waals surface area contributed by atoms with Gasteiger partial charge in [0.25, 0.3) is 0 Å². The largest absolute Gasteiger partial charge is 0.370 e. The topological polar surface area (TPSA) is 105 Å². The minimum absolute atomic E-state index is 0.131. The number of carbonyl (C=O) groups excluding carboxylic acids is 1. The zero-order valence-electron chi connectivity index (χ0n) is 11.9. The van der Waals surface area contributed by atoms with Crippen molar-refractivity contribution in [3.8, 4) is 11.3 Å². The lowest BCUT2D eigenvalue weighted by atomic mass is 10.2. The van der Waals surface area contributed by atoms with Crippen LogP contribution in [0.1, 0.15) is 6.92 Å². The van der Waals surface area contributed by atoms with Gasteiger partial charge in [-0.05, 0) is 6.92 Å². The van der Waals surface area contributed by atoms with Crippen molar-refractivity contribution in [1.82, 2.24) is 25.3 Å². The molecule has 0 unspecified atom stereocenters. The quantitative estimate of drug-likeness (QED) is 0.711. The number of nitrogens with one attached hydrogen (secondary N) is 3. The van der Waals surface area contributed by atoms with Crippen LogP contribution in [0.3, 0.4) is 0 Å². The van der Waals surface area contributed by atoms with Crippen LogP contribution in [0.2, 0.25) is 0 Å². The van der Waals surface area contributed by atoms with Gasteiger partial charge in [0, 0.05) is 37.6 Å². The molecule has 2 heterocycles. The molecule has 0 aliphatic rings. The van der Waals surface area contributed by atoms with E-state index < -0.39 is 0 Å². The van der Waals surface area contributed by atoms with Gasteiger partial charge in [0.1, 0.15) is 12.1 Å². The molecule has 110 valence electrons. The molecule has 8 nitrogen and oxygen atoms in total. The highest BCUT2D eigenvalue weighted by atomic mass is 16.1. The summed E-state index contributed by atoms with van der Waals surface area (Å²) >= 11 is 0. The highest BCUT2D eigenvalue weighted by Crippen LogP contribution is 2.17. The third kappa shape index (κ3) is 4.10. The number of anilines is 2. The number of likely N-dealkylation sites (N-methyl/N-ethyl adjacent to an activating group) is 1. The lowest BCUT2D eigenvalue weighted by molar-refractivity contribution is -0.118. The first-order valence-electron chi connectivity index (χ1n) is 6.55. The maximum Gasteiger partial charge on any atom is 0.239 e. The Kier molecular flexibility index (Phi) is 4.97. The standard InChI is InChI=1S/C13H17N7O/c1-3-15-11-4-10(19-8-20-11)9-5-16-13(17-6-9)18-7-12(21)14-2/h4-6,8H,3,7H2,1-2H3,(H,14,21)(H,15,19,20)(H,16,17,18). The molecule has 0 saturated heterocycles. The molecular weight excluding hydrogens is 270 g/mol. The summed E-state index contributed by atoms with van der Waals surface area (Å²) in [6, 6.07) is 1.83. The maximum absolute atomic E-state index is 11.1. The van der Waals surface area contributed by atoms with Crippen molar-refractivity contribution < 1.29 is 4.79 Å². The molecule has 0 bridgehead atoms. The summed E-state index contributed by atoms with van der Waals surface area (Å²) in [5.41, 5.74) is 1.51. The highest BCUT2D eigenvalue weighted by Gasteiger charge is 2.04. The van der Waals surface area contributed by atoms with Crippen LogP contribution >= 0.6 is 0 Å². The first kappa shape index (κ1) is 14.6. The number of carbonyl (C=O) groups is 1.